The highest BCUT2D eigenvalue weighted by atomic mass is 16.5. The van der Waals surface area contributed by atoms with Gasteiger partial charge in [0.2, 0.25) is 0 Å². The van der Waals surface area contributed by atoms with Crippen LogP contribution in [-0.4, -0.2) is 36.8 Å². The van der Waals surface area contributed by atoms with Crippen molar-refractivity contribution in [2.75, 3.05) is 24.6 Å². The number of nitrogens with zero attached hydrogens (tertiary/aromatic N) is 2. The zero-order valence-electron chi connectivity index (χ0n) is 14.2. The lowest BCUT2D eigenvalue weighted by atomic mass is 9.93. The summed E-state index contributed by atoms with van der Waals surface area (Å²) in [5.74, 6) is 2.61. The summed E-state index contributed by atoms with van der Waals surface area (Å²) in [5.41, 5.74) is 1.35. The molecule has 1 N–H and O–H groups in total. The van der Waals surface area contributed by atoms with Crippen molar-refractivity contribution in [2.24, 2.45) is 0 Å². The first-order chi connectivity index (χ1) is 11.8. The van der Waals surface area contributed by atoms with Crippen molar-refractivity contribution in [3.63, 3.8) is 0 Å². The number of anilines is 1. The fraction of sp³-hybridized carbons (Fsp3) is 0.450. The Labute approximate surface area is 143 Å². The van der Waals surface area contributed by atoms with Gasteiger partial charge in [0.25, 0.3) is 0 Å². The standard InChI is InChI=1S/C20H25N3O/c1-15(18-14-24-19-7-3-2-6-17(18)19)22-16-9-12-23(13-10-16)20-8-4-5-11-21-20/h2-8,11,15-16,18,22H,9-10,12-14H2,1H3/t15-,18-/m1/s1. The van der Waals surface area contributed by atoms with Gasteiger partial charge >= 0.3 is 0 Å². The average molecular weight is 323 g/mol. The van der Waals surface area contributed by atoms with E-state index in [4.69, 9.17) is 4.74 Å². The minimum absolute atomic E-state index is 0.431. The highest BCUT2D eigenvalue weighted by Gasteiger charge is 2.30. The Bertz CT molecular complexity index is 668. The quantitative estimate of drug-likeness (QED) is 0.937. The van der Waals surface area contributed by atoms with Gasteiger partial charge in [0.1, 0.15) is 11.6 Å². The van der Waals surface area contributed by atoms with Crippen LogP contribution in [0.15, 0.2) is 48.7 Å². The van der Waals surface area contributed by atoms with E-state index in [1.54, 1.807) is 0 Å². The molecule has 1 aromatic carbocycles. The molecule has 3 heterocycles. The number of nitrogens with one attached hydrogen (secondary N) is 1. The number of hydrogen-bond donors (Lipinski definition) is 1. The second-order valence-electron chi connectivity index (χ2n) is 6.86. The van der Waals surface area contributed by atoms with E-state index in [0.717, 1.165) is 44.1 Å². The van der Waals surface area contributed by atoms with Gasteiger partial charge in [-0.3, -0.25) is 0 Å². The molecule has 1 aromatic heterocycles. The molecular weight excluding hydrogens is 298 g/mol. The van der Waals surface area contributed by atoms with Crippen LogP contribution in [0.4, 0.5) is 5.82 Å². The number of fused-ring (bicyclic) bond motifs is 1. The first-order valence-electron chi connectivity index (χ1n) is 8.95. The van der Waals surface area contributed by atoms with Crippen molar-refractivity contribution in [1.29, 1.82) is 0 Å². The van der Waals surface area contributed by atoms with Gasteiger partial charge in [-0.05, 0) is 38.0 Å². The minimum Gasteiger partial charge on any atom is -0.493 e. The van der Waals surface area contributed by atoms with E-state index < -0.39 is 0 Å². The number of aromatic nitrogens is 1. The minimum atomic E-state index is 0.431. The molecule has 2 aromatic rings. The number of rotatable bonds is 4. The summed E-state index contributed by atoms with van der Waals surface area (Å²) in [6, 6.07) is 15.6. The third kappa shape index (κ3) is 3.11. The lowest BCUT2D eigenvalue weighted by molar-refractivity contribution is 0.283. The van der Waals surface area contributed by atoms with E-state index in [1.165, 1.54) is 5.56 Å². The SMILES string of the molecule is C[C@@H](NC1CCN(c2ccccn2)CC1)[C@H]1COc2ccccc21. The zero-order valence-corrected chi connectivity index (χ0v) is 14.2. The predicted molar refractivity (Wildman–Crippen MR) is 96.7 cm³/mol. The van der Waals surface area contributed by atoms with Gasteiger partial charge < -0.3 is 15.0 Å². The van der Waals surface area contributed by atoms with E-state index in [9.17, 15) is 0 Å². The van der Waals surface area contributed by atoms with E-state index >= 15 is 0 Å². The van der Waals surface area contributed by atoms with Crippen LogP contribution in [0, 0.1) is 0 Å². The lowest BCUT2D eigenvalue weighted by Crippen LogP contribution is -2.47. The van der Waals surface area contributed by atoms with Crippen LogP contribution < -0.4 is 15.0 Å². The molecule has 2 aliphatic rings. The van der Waals surface area contributed by atoms with Crippen LogP contribution in [0.2, 0.25) is 0 Å². The van der Waals surface area contributed by atoms with Gasteiger partial charge in [0.15, 0.2) is 0 Å². The Morgan fingerprint density at radius 2 is 1.92 bits per heavy atom. The first kappa shape index (κ1) is 15.5. The smallest absolute Gasteiger partial charge is 0.128 e. The number of piperidine rings is 1. The third-order valence-corrected chi connectivity index (χ3v) is 5.31. The van der Waals surface area contributed by atoms with Gasteiger partial charge in [-0.25, -0.2) is 4.98 Å². The Kier molecular flexibility index (Phi) is 4.39. The Hall–Kier alpha value is -2.07. The molecule has 4 rings (SSSR count). The van der Waals surface area contributed by atoms with E-state index in [0.29, 0.717) is 18.0 Å². The monoisotopic (exact) mass is 323 g/mol. The van der Waals surface area contributed by atoms with E-state index in [2.05, 4.69) is 52.5 Å². The number of pyridine rings is 1. The second-order valence-corrected chi connectivity index (χ2v) is 6.86. The predicted octanol–water partition coefficient (Wildman–Crippen LogP) is 3.20. The summed E-state index contributed by atoms with van der Waals surface area (Å²) in [4.78, 5) is 6.85. The molecule has 1 fully saturated rings. The van der Waals surface area contributed by atoms with Gasteiger partial charge in [-0.15, -0.1) is 0 Å². The van der Waals surface area contributed by atoms with Crippen molar-refractivity contribution in [1.82, 2.24) is 10.3 Å². The van der Waals surface area contributed by atoms with Gasteiger partial charge in [-0.2, -0.15) is 0 Å². The topological polar surface area (TPSA) is 37.4 Å². The summed E-state index contributed by atoms with van der Waals surface area (Å²) in [6.45, 7) is 5.22. The highest BCUT2D eigenvalue weighted by Crippen LogP contribution is 2.35. The molecule has 24 heavy (non-hydrogen) atoms. The molecule has 2 aliphatic heterocycles. The van der Waals surface area contributed by atoms with Gasteiger partial charge in [0.05, 0.1) is 6.61 Å². The van der Waals surface area contributed by atoms with E-state index in [-0.39, 0.29) is 0 Å². The normalized spacial score (nSPS) is 22.0. The summed E-state index contributed by atoms with van der Waals surface area (Å²) < 4.78 is 5.84. The molecule has 0 amide bonds. The van der Waals surface area contributed by atoms with Crippen molar-refractivity contribution in [3.05, 3.63) is 54.2 Å². The molecule has 2 atom stereocenters. The number of ether oxygens (including phenoxy) is 1. The summed E-state index contributed by atoms with van der Waals surface area (Å²) >= 11 is 0. The Balaban J connectivity index is 1.33. The number of benzene rings is 1. The molecule has 126 valence electrons. The molecular formula is C20H25N3O. The van der Waals surface area contributed by atoms with E-state index in [1.807, 2.05) is 18.3 Å². The number of hydrogen-bond acceptors (Lipinski definition) is 4. The van der Waals surface area contributed by atoms with Crippen molar-refractivity contribution >= 4 is 5.82 Å². The Morgan fingerprint density at radius 1 is 1.12 bits per heavy atom. The fourth-order valence-corrected chi connectivity index (χ4v) is 3.91. The van der Waals surface area contributed by atoms with Crippen molar-refractivity contribution in [3.8, 4) is 5.75 Å². The van der Waals surface area contributed by atoms with Gasteiger partial charge in [-0.1, -0.05) is 24.3 Å². The lowest BCUT2D eigenvalue weighted by Gasteiger charge is -2.35. The third-order valence-electron chi connectivity index (χ3n) is 5.31. The first-order valence-corrected chi connectivity index (χ1v) is 8.95. The molecule has 0 radical (unpaired) electrons. The molecule has 0 aliphatic carbocycles. The van der Waals surface area contributed by atoms with Crippen LogP contribution in [0.25, 0.3) is 0 Å². The van der Waals surface area contributed by atoms with Crippen molar-refractivity contribution in [2.45, 2.75) is 37.8 Å². The molecule has 1 saturated heterocycles. The maximum atomic E-state index is 5.84. The van der Waals surface area contributed by atoms with Gasteiger partial charge in [0, 0.05) is 42.9 Å². The molecule has 0 unspecified atom stereocenters. The van der Waals surface area contributed by atoms with Crippen LogP contribution in [-0.2, 0) is 0 Å². The maximum absolute atomic E-state index is 5.84. The summed E-state index contributed by atoms with van der Waals surface area (Å²) in [5, 5.41) is 3.85. The fourth-order valence-electron chi connectivity index (χ4n) is 3.91. The Morgan fingerprint density at radius 3 is 2.71 bits per heavy atom. The van der Waals surface area contributed by atoms with Crippen LogP contribution >= 0.6 is 0 Å². The second kappa shape index (κ2) is 6.81. The maximum Gasteiger partial charge on any atom is 0.128 e. The molecule has 0 saturated carbocycles. The van der Waals surface area contributed by atoms with Crippen LogP contribution in [0.5, 0.6) is 5.75 Å². The summed E-state index contributed by atoms with van der Waals surface area (Å²) in [6.07, 6.45) is 4.20. The highest BCUT2D eigenvalue weighted by molar-refractivity contribution is 5.41. The van der Waals surface area contributed by atoms with Crippen LogP contribution in [0.3, 0.4) is 0 Å². The average Bonchev–Trinajstić information content (AvgIpc) is 3.07. The molecule has 4 nitrogen and oxygen atoms in total. The largest absolute Gasteiger partial charge is 0.493 e. The van der Waals surface area contributed by atoms with Crippen LogP contribution in [0.1, 0.15) is 31.2 Å². The van der Waals surface area contributed by atoms with Crippen molar-refractivity contribution < 1.29 is 4.74 Å². The molecule has 0 bridgehead atoms. The summed E-state index contributed by atoms with van der Waals surface area (Å²) in [7, 11) is 0. The zero-order chi connectivity index (χ0) is 16.4. The number of para-hydroxylation sites is 1. The molecule has 0 spiro atoms. The molecule has 4 heteroatoms.